The first kappa shape index (κ1) is 32.3. The van der Waals surface area contributed by atoms with Gasteiger partial charge in [-0.15, -0.1) is 0 Å². The Kier molecular flexibility index (Phi) is 8.66. The van der Waals surface area contributed by atoms with Crippen molar-refractivity contribution in [1.29, 1.82) is 5.26 Å². The number of amides is 3. The normalized spacial score (nSPS) is 17.5. The van der Waals surface area contributed by atoms with Crippen LogP contribution in [0.2, 0.25) is 0 Å². The van der Waals surface area contributed by atoms with Crippen LogP contribution in [-0.4, -0.2) is 58.7 Å². The van der Waals surface area contributed by atoms with Crippen LogP contribution in [-0.2, 0) is 14.2 Å². The van der Waals surface area contributed by atoms with E-state index >= 15 is 0 Å². The first-order valence-corrected chi connectivity index (χ1v) is 15.0. The fourth-order valence-electron chi connectivity index (χ4n) is 5.18. The van der Waals surface area contributed by atoms with Gasteiger partial charge < -0.3 is 18.9 Å². The van der Waals surface area contributed by atoms with Crippen molar-refractivity contribution in [2.45, 2.75) is 78.6 Å². The minimum atomic E-state index is -0.731. The van der Waals surface area contributed by atoms with Gasteiger partial charge in [-0.05, 0) is 83.2 Å². The van der Waals surface area contributed by atoms with Gasteiger partial charge >= 0.3 is 18.3 Å². The molecule has 0 unspecified atom stereocenters. The smallest absolute Gasteiger partial charge is 0.415 e. The molecule has 1 aromatic carbocycles. The van der Waals surface area contributed by atoms with Crippen molar-refractivity contribution in [1.82, 2.24) is 9.97 Å². The summed E-state index contributed by atoms with van der Waals surface area (Å²) in [6.45, 7) is 13.1. The summed E-state index contributed by atoms with van der Waals surface area (Å²) >= 11 is 0. The van der Waals surface area contributed by atoms with Crippen LogP contribution in [0.5, 0.6) is 5.88 Å². The number of pyridine rings is 2. The number of nitrogens with one attached hydrogen (secondary N) is 2. The standard InChI is InChI=1S/C33H38N6O7/c1-18-23(16-36-28-27(18)39(8-9-43-28)31(42)46-33(5,6)7)20-12-21-14-26(38-29(40)44-22-10-19(11-22)15-34)35-17-24(21)25(13-20)37-30(41)45-32(2,3)4/h12-14,16-17,19,22H,8-11H2,1-7H3,(H,37,41)(H,35,38,40). The van der Waals surface area contributed by atoms with Crippen molar-refractivity contribution in [3.8, 4) is 23.1 Å². The van der Waals surface area contributed by atoms with Crippen molar-refractivity contribution < 1.29 is 33.3 Å². The van der Waals surface area contributed by atoms with E-state index in [1.165, 1.54) is 11.1 Å². The Labute approximate surface area is 267 Å². The van der Waals surface area contributed by atoms with Crippen LogP contribution in [0, 0.1) is 24.2 Å². The molecule has 0 radical (unpaired) electrons. The van der Waals surface area contributed by atoms with Crippen LogP contribution in [0.25, 0.3) is 21.9 Å². The number of anilines is 3. The highest BCUT2D eigenvalue weighted by Gasteiger charge is 2.33. The molecule has 2 aromatic heterocycles. The third-order valence-corrected chi connectivity index (χ3v) is 7.27. The van der Waals surface area contributed by atoms with E-state index in [0.717, 1.165) is 0 Å². The Balaban J connectivity index is 1.53. The van der Waals surface area contributed by atoms with Crippen molar-refractivity contribution in [3.05, 3.63) is 36.2 Å². The summed E-state index contributed by atoms with van der Waals surface area (Å²) in [5, 5.41) is 15.7. The van der Waals surface area contributed by atoms with Gasteiger partial charge in [-0.25, -0.2) is 24.4 Å². The minimum Gasteiger partial charge on any atom is -0.474 e. The number of benzene rings is 1. The van der Waals surface area contributed by atoms with Gasteiger partial charge in [-0.2, -0.15) is 5.26 Å². The summed E-state index contributed by atoms with van der Waals surface area (Å²) in [5.41, 5.74) is 1.54. The Hall–Kier alpha value is -5.12. The van der Waals surface area contributed by atoms with Gasteiger partial charge in [0.2, 0.25) is 5.88 Å². The molecular weight excluding hydrogens is 592 g/mol. The highest BCUT2D eigenvalue weighted by atomic mass is 16.6. The molecule has 2 aliphatic rings. The zero-order valence-electron chi connectivity index (χ0n) is 27.0. The quantitative estimate of drug-likeness (QED) is 0.289. The molecule has 0 spiro atoms. The summed E-state index contributed by atoms with van der Waals surface area (Å²) in [4.78, 5) is 49.0. The number of carbonyl (C=O) groups excluding carboxylic acids is 3. The van der Waals surface area contributed by atoms with Crippen molar-refractivity contribution in [2.24, 2.45) is 5.92 Å². The lowest BCUT2D eigenvalue weighted by atomic mass is 9.84. The van der Waals surface area contributed by atoms with E-state index < -0.39 is 29.5 Å². The molecule has 1 aliphatic carbocycles. The monoisotopic (exact) mass is 630 g/mol. The maximum absolute atomic E-state index is 13.2. The lowest BCUT2D eigenvalue weighted by molar-refractivity contribution is 0.0417. The number of fused-ring (bicyclic) bond motifs is 2. The number of ether oxygens (including phenoxy) is 4. The topological polar surface area (TPSA) is 165 Å². The average Bonchev–Trinajstić information content (AvgIpc) is 2.92. The highest BCUT2D eigenvalue weighted by molar-refractivity contribution is 6.04. The molecule has 1 saturated carbocycles. The number of hydrogen-bond acceptors (Lipinski definition) is 10. The second-order valence-electron chi connectivity index (χ2n) is 13.3. The zero-order valence-corrected chi connectivity index (χ0v) is 27.0. The van der Waals surface area contributed by atoms with E-state index in [1.807, 2.05) is 13.0 Å². The van der Waals surface area contributed by atoms with Crippen molar-refractivity contribution in [3.63, 3.8) is 0 Å². The van der Waals surface area contributed by atoms with Crippen LogP contribution in [0.3, 0.4) is 0 Å². The van der Waals surface area contributed by atoms with E-state index in [1.54, 1.807) is 59.9 Å². The van der Waals surface area contributed by atoms with Crippen LogP contribution < -0.4 is 20.3 Å². The molecule has 13 heteroatoms. The summed E-state index contributed by atoms with van der Waals surface area (Å²) in [5.74, 6) is 0.446. The van der Waals surface area contributed by atoms with Crippen LogP contribution in [0.15, 0.2) is 30.6 Å². The molecular formula is C33H38N6O7. The maximum atomic E-state index is 13.2. The van der Waals surface area contributed by atoms with E-state index in [0.29, 0.717) is 57.6 Å². The number of carbonyl (C=O) groups is 3. The Morgan fingerprint density at radius 3 is 2.37 bits per heavy atom. The summed E-state index contributed by atoms with van der Waals surface area (Å²) < 4.78 is 22.4. The number of aromatic nitrogens is 2. The lowest BCUT2D eigenvalue weighted by Crippen LogP contribution is -2.42. The van der Waals surface area contributed by atoms with E-state index in [-0.39, 0.29) is 31.0 Å². The molecule has 0 bridgehead atoms. The van der Waals surface area contributed by atoms with Gasteiger partial charge in [0, 0.05) is 36.2 Å². The third-order valence-electron chi connectivity index (χ3n) is 7.27. The molecule has 46 heavy (non-hydrogen) atoms. The molecule has 13 nitrogen and oxygen atoms in total. The SMILES string of the molecule is Cc1c(-c2cc(NC(=O)OC(C)(C)C)c3cnc(NC(=O)OC4CC(C#N)C4)cc3c2)cnc2c1N(C(=O)OC(C)(C)C)CCO2. The van der Waals surface area contributed by atoms with E-state index in [2.05, 4.69) is 26.7 Å². The van der Waals surface area contributed by atoms with Gasteiger partial charge in [0.1, 0.15) is 35.4 Å². The molecule has 2 N–H and O–H groups in total. The second-order valence-corrected chi connectivity index (χ2v) is 13.3. The summed E-state index contributed by atoms with van der Waals surface area (Å²) in [6.07, 6.45) is 2.04. The van der Waals surface area contributed by atoms with Crippen molar-refractivity contribution >= 4 is 46.2 Å². The van der Waals surface area contributed by atoms with Crippen molar-refractivity contribution in [2.75, 3.05) is 28.7 Å². The fourth-order valence-corrected chi connectivity index (χ4v) is 5.18. The van der Waals surface area contributed by atoms with Gasteiger partial charge in [-0.1, -0.05) is 0 Å². The lowest BCUT2D eigenvalue weighted by Gasteiger charge is -2.32. The van der Waals surface area contributed by atoms with E-state index in [4.69, 9.17) is 24.2 Å². The number of nitrogens with zero attached hydrogens (tertiary/aromatic N) is 4. The van der Waals surface area contributed by atoms with Crippen LogP contribution in [0.1, 0.15) is 59.9 Å². The molecule has 1 fully saturated rings. The molecule has 1 aliphatic heterocycles. The Bertz CT molecular complexity index is 1730. The zero-order chi connectivity index (χ0) is 33.4. The maximum Gasteiger partial charge on any atom is 0.415 e. The van der Waals surface area contributed by atoms with Gasteiger partial charge in [0.25, 0.3) is 0 Å². The first-order valence-electron chi connectivity index (χ1n) is 15.0. The van der Waals surface area contributed by atoms with Gasteiger partial charge in [0.05, 0.1) is 24.2 Å². The number of rotatable bonds is 4. The molecule has 0 atom stereocenters. The Morgan fingerprint density at radius 1 is 0.978 bits per heavy atom. The molecule has 3 heterocycles. The molecule has 242 valence electrons. The molecule has 3 aromatic rings. The number of nitriles is 1. The largest absolute Gasteiger partial charge is 0.474 e. The summed E-state index contributed by atoms with van der Waals surface area (Å²) in [7, 11) is 0. The molecule has 5 rings (SSSR count). The second kappa shape index (κ2) is 12.3. The van der Waals surface area contributed by atoms with Crippen LogP contribution in [0.4, 0.5) is 31.6 Å². The van der Waals surface area contributed by atoms with Gasteiger partial charge in [0.15, 0.2) is 0 Å². The predicted molar refractivity (Wildman–Crippen MR) is 171 cm³/mol. The average molecular weight is 631 g/mol. The predicted octanol–water partition coefficient (Wildman–Crippen LogP) is 6.94. The Morgan fingerprint density at radius 2 is 1.70 bits per heavy atom. The molecule has 3 amide bonds. The number of hydrogen-bond donors (Lipinski definition) is 2. The summed E-state index contributed by atoms with van der Waals surface area (Å²) in [6, 6.07) is 7.47. The molecule has 0 saturated heterocycles. The van der Waals surface area contributed by atoms with Crippen LogP contribution >= 0.6 is 0 Å². The van der Waals surface area contributed by atoms with Gasteiger partial charge in [-0.3, -0.25) is 15.5 Å². The minimum absolute atomic E-state index is 0.102. The highest BCUT2D eigenvalue weighted by Crippen LogP contribution is 2.41. The van der Waals surface area contributed by atoms with E-state index in [9.17, 15) is 14.4 Å². The third kappa shape index (κ3) is 7.39. The first-order chi connectivity index (χ1) is 21.6. The fraction of sp³-hybridized carbons (Fsp3) is 0.455.